The zero-order chi connectivity index (χ0) is 13.9. The van der Waals surface area contributed by atoms with Gasteiger partial charge in [-0.3, -0.25) is 4.21 Å². The van der Waals surface area contributed by atoms with Crippen LogP contribution in [0.4, 0.5) is 0 Å². The molecule has 0 heterocycles. The molecule has 0 amide bonds. The summed E-state index contributed by atoms with van der Waals surface area (Å²) in [7, 11) is -1.04. The van der Waals surface area contributed by atoms with Crippen molar-refractivity contribution >= 4 is 10.8 Å². The van der Waals surface area contributed by atoms with E-state index in [0.717, 1.165) is 24.2 Å². The van der Waals surface area contributed by atoms with Gasteiger partial charge in [0.05, 0.1) is 16.0 Å². The summed E-state index contributed by atoms with van der Waals surface area (Å²) in [4.78, 5) is 0.882. The lowest BCUT2D eigenvalue weighted by atomic mass is 10.00. The van der Waals surface area contributed by atoms with Crippen LogP contribution in [0.5, 0.6) is 0 Å². The molecule has 2 aromatic rings. The zero-order valence-corrected chi connectivity index (χ0v) is 12.2. The summed E-state index contributed by atoms with van der Waals surface area (Å²) >= 11 is 0. The molecule has 3 heteroatoms. The van der Waals surface area contributed by atoms with Crippen molar-refractivity contribution in [2.75, 3.05) is 0 Å². The second-order valence-electron chi connectivity index (χ2n) is 5.27. The number of aryl methyl sites for hydroxylation is 1. The van der Waals surface area contributed by atoms with Crippen LogP contribution in [0.1, 0.15) is 30.0 Å². The molecule has 2 nitrogen and oxygen atoms in total. The van der Waals surface area contributed by atoms with Gasteiger partial charge in [-0.05, 0) is 42.5 Å². The highest BCUT2D eigenvalue weighted by Crippen LogP contribution is 2.32. The van der Waals surface area contributed by atoms with Crippen molar-refractivity contribution in [1.82, 2.24) is 0 Å². The first-order chi connectivity index (χ1) is 9.77. The van der Waals surface area contributed by atoms with Crippen LogP contribution in [0.25, 0.3) is 0 Å². The Bertz CT molecular complexity index is 611. The zero-order valence-electron chi connectivity index (χ0n) is 11.4. The van der Waals surface area contributed by atoms with Crippen molar-refractivity contribution in [3.05, 3.63) is 65.7 Å². The molecule has 2 aromatic carbocycles. The number of fused-ring (bicyclic) bond motifs is 1. The fraction of sp³-hybridized carbons (Fsp3) is 0.294. The van der Waals surface area contributed by atoms with Crippen molar-refractivity contribution < 1.29 is 4.21 Å². The van der Waals surface area contributed by atoms with Crippen LogP contribution >= 0.6 is 0 Å². The topological polar surface area (TPSA) is 43.1 Å². The van der Waals surface area contributed by atoms with Crippen LogP contribution in [0.3, 0.4) is 0 Å². The molecule has 20 heavy (non-hydrogen) atoms. The molecule has 3 atom stereocenters. The van der Waals surface area contributed by atoms with Crippen molar-refractivity contribution in [3.8, 4) is 0 Å². The van der Waals surface area contributed by atoms with Gasteiger partial charge >= 0.3 is 0 Å². The molecule has 0 saturated carbocycles. The summed E-state index contributed by atoms with van der Waals surface area (Å²) in [6.45, 7) is 0. The molecule has 1 aliphatic rings. The van der Waals surface area contributed by atoms with Gasteiger partial charge in [0.15, 0.2) is 0 Å². The van der Waals surface area contributed by atoms with Gasteiger partial charge in [0.25, 0.3) is 0 Å². The van der Waals surface area contributed by atoms with E-state index >= 15 is 0 Å². The molecular weight excluding hydrogens is 266 g/mol. The molecule has 0 fully saturated rings. The lowest BCUT2D eigenvalue weighted by Crippen LogP contribution is -2.29. The van der Waals surface area contributed by atoms with Gasteiger partial charge in [0, 0.05) is 10.9 Å². The summed E-state index contributed by atoms with van der Waals surface area (Å²) < 4.78 is 12.8. The smallest absolute Gasteiger partial charge is 0.0587 e. The van der Waals surface area contributed by atoms with Gasteiger partial charge < -0.3 is 5.73 Å². The highest BCUT2D eigenvalue weighted by Gasteiger charge is 2.29. The lowest BCUT2D eigenvalue weighted by molar-refractivity contribution is 0.597. The minimum atomic E-state index is -1.04. The summed E-state index contributed by atoms with van der Waals surface area (Å²) in [5.74, 6) is 0. The van der Waals surface area contributed by atoms with Gasteiger partial charge in [0.2, 0.25) is 0 Å². The average Bonchev–Trinajstić information content (AvgIpc) is 2.67. The Balaban J connectivity index is 1.93. The van der Waals surface area contributed by atoms with Gasteiger partial charge in [-0.25, -0.2) is 0 Å². The molecule has 0 bridgehead atoms. The average molecular weight is 285 g/mol. The maximum Gasteiger partial charge on any atom is 0.0587 e. The highest BCUT2D eigenvalue weighted by molar-refractivity contribution is 7.85. The first-order valence-corrected chi connectivity index (χ1v) is 8.27. The first kappa shape index (κ1) is 13.5. The van der Waals surface area contributed by atoms with Crippen LogP contribution < -0.4 is 5.73 Å². The number of benzene rings is 2. The van der Waals surface area contributed by atoms with E-state index in [4.69, 9.17) is 5.73 Å². The molecule has 3 unspecified atom stereocenters. The summed E-state index contributed by atoms with van der Waals surface area (Å²) in [6, 6.07) is 17.8. The standard InChI is InChI=1S/C17H19NOS/c18-17-15-11-5-4-7-13(15)8-6-12-16(17)20(19)14-9-2-1-3-10-14/h1-5,7,9-11,16-17H,6,8,12,18H2. The van der Waals surface area contributed by atoms with Gasteiger partial charge in [-0.2, -0.15) is 0 Å². The number of rotatable bonds is 2. The van der Waals surface area contributed by atoms with Crippen molar-refractivity contribution in [1.29, 1.82) is 0 Å². The molecule has 104 valence electrons. The van der Waals surface area contributed by atoms with E-state index in [0.29, 0.717) is 0 Å². The van der Waals surface area contributed by atoms with E-state index < -0.39 is 10.8 Å². The van der Waals surface area contributed by atoms with Crippen molar-refractivity contribution in [2.45, 2.75) is 35.4 Å². The third-order valence-corrected chi connectivity index (χ3v) is 5.82. The van der Waals surface area contributed by atoms with E-state index in [1.807, 2.05) is 36.4 Å². The summed E-state index contributed by atoms with van der Waals surface area (Å²) in [5.41, 5.74) is 8.91. The Morgan fingerprint density at radius 1 is 1.00 bits per heavy atom. The highest BCUT2D eigenvalue weighted by atomic mass is 32.2. The maximum atomic E-state index is 12.8. The van der Waals surface area contributed by atoms with E-state index in [9.17, 15) is 4.21 Å². The third-order valence-electron chi connectivity index (χ3n) is 4.00. The predicted molar refractivity (Wildman–Crippen MR) is 82.9 cm³/mol. The normalized spacial score (nSPS) is 23.6. The predicted octanol–water partition coefficient (Wildman–Crippen LogP) is 3.20. The van der Waals surface area contributed by atoms with Crippen molar-refractivity contribution in [3.63, 3.8) is 0 Å². The molecule has 0 aliphatic heterocycles. The Morgan fingerprint density at radius 3 is 2.50 bits per heavy atom. The second kappa shape index (κ2) is 5.90. The molecule has 0 radical (unpaired) electrons. The monoisotopic (exact) mass is 285 g/mol. The Morgan fingerprint density at radius 2 is 1.70 bits per heavy atom. The van der Waals surface area contributed by atoms with Crippen LogP contribution in [0.2, 0.25) is 0 Å². The van der Waals surface area contributed by atoms with Crippen LogP contribution in [-0.4, -0.2) is 9.46 Å². The number of hydrogen-bond donors (Lipinski definition) is 1. The third kappa shape index (κ3) is 2.56. The Kier molecular flexibility index (Phi) is 3.99. The van der Waals surface area contributed by atoms with Gasteiger partial charge in [-0.1, -0.05) is 42.5 Å². The van der Waals surface area contributed by atoms with Crippen LogP contribution in [-0.2, 0) is 17.2 Å². The fourth-order valence-electron chi connectivity index (χ4n) is 2.93. The van der Waals surface area contributed by atoms with E-state index in [1.165, 1.54) is 11.1 Å². The van der Waals surface area contributed by atoms with Crippen LogP contribution in [0, 0.1) is 0 Å². The van der Waals surface area contributed by atoms with Gasteiger partial charge in [-0.15, -0.1) is 0 Å². The summed E-state index contributed by atoms with van der Waals surface area (Å²) in [5, 5.41) is 0.000972. The largest absolute Gasteiger partial charge is 0.323 e. The lowest BCUT2D eigenvalue weighted by Gasteiger charge is -2.22. The van der Waals surface area contributed by atoms with Crippen molar-refractivity contribution in [2.24, 2.45) is 5.73 Å². The van der Waals surface area contributed by atoms with E-state index in [-0.39, 0.29) is 11.3 Å². The molecule has 0 spiro atoms. The SMILES string of the molecule is NC1c2ccccc2CCCC1S(=O)c1ccccc1. The molecule has 0 saturated heterocycles. The first-order valence-electron chi connectivity index (χ1n) is 7.06. The number of nitrogens with two attached hydrogens (primary N) is 1. The summed E-state index contributed by atoms with van der Waals surface area (Å²) in [6.07, 6.45) is 3.00. The minimum Gasteiger partial charge on any atom is -0.323 e. The van der Waals surface area contributed by atoms with E-state index in [2.05, 4.69) is 18.2 Å². The molecule has 0 aromatic heterocycles. The maximum absolute atomic E-state index is 12.8. The second-order valence-corrected chi connectivity index (χ2v) is 6.94. The molecule has 3 rings (SSSR count). The quantitative estimate of drug-likeness (QED) is 0.861. The molecule has 1 aliphatic carbocycles. The number of hydrogen-bond acceptors (Lipinski definition) is 2. The molecular formula is C17H19NOS. The Hall–Kier alpha value is -1.45. The van der Waals surface area contributed by atoms with Gasteiger partial charge in [0.1, 0.15) is 0 Å². The van der Waals surface area contributed by atoms with E-state index in [1.54, 1.807) is 0 Å². The fourth-order valence-corrected chi connectivity index (χ4v) is 4.50. The van der Waals surface area contributed by atoms with Crippen LogP contribution in [0.15, 0.2) is 59.5 Å². The minimum absolute atomic E-state index is 0.000972. The molecule has 2 N–H and O–H groups in total. The Labute approximate surface area is 122 Å².